The van der Waals surface area contributed by atoms with Crippen LogP contribution in [0.5, 0.6) is 0 Å². The van der Waals surface area contributed by atoms with Gasteiger partial charge >= 0.3 is 0 Å². The van der Waals surface area contributed by atoms with Crippen molar-refractivity contribution in [1.82, 2.24) is 5.23 Å². The molecule has 0 amide bonds. The Balaban J connectivity index is 2.75. The first-order valence-corrected chi connectivity index (χ1v) is 3.35. The summed E-state index contributed by atoms with van der Waals surface area (Å²) < 4.78 is 0. The van der Waals surface area contributed by atoms with E-state index in [1.54, 1.807) is 0 Å². The molecule has 1 rings (SSSR count). The smallest absolute Gasteiger partial charge is 0.178 e. The first-order chi connectivity index (χ1) is 4.84. The van der Waals surface area contributed by atoms with Crippen LogP contribution in [0.4, 0.5) is 0 Å². The third-order valence-electron chi connectivity index (χ3n) is 1.55. The minimum Gasteiger partial charge on any atom is -0.360 e. The molecule has 0 aliphatic rings. The van der Waals surface area contributed by atoms with Gasteiger partial charge in [0.05, 0.1) is 0 Å². The molecule has 0 aromatic heterocycles. The summed E-state index contributed by atoms with van der Waals surface area (Å²) in [6.45, 7) is 2.02. The molecular weight excluding hydrogens is 121 g/mol. The largest absolute Gasteiger partial charge is 0.360 e. The second kappa shape index (κ2) is 3.42. The fourth-order valence-electron chi connectivity index (χ4n) is 0.838. The van der Waals surface area contributed by atoms with Gasteiger partial charge in [0.25, 0.3) is 0 Å². The highest BCUT2D eigenvalue weighted by Crippen LogP contribution is 2.08. The van der Waals surface area contributed by atoms with Gasteiger partial charge in [-0.05, 0) is 12.5 Å². The first kappa shape index (κ1) is 7.35. The molecule has 1 nitrogen and oxygen atoms in total. The van der Waals surface area contributed by atoms with Crippen molar-refractivity contribution < 1.29 is 0 Å². The Bertz CT molecular complexity index is 186. The minimum absolute atomic E-state index is 0.237. The molecule has 1 aromatic rings. The van der Waals surface area contributed by atoms with Crippen LogP contribution < -0.4 is 5.23 Å². The standard InChI is InChI=1S/C8H10BN/c1-7(10-9)8-5-3-2-4-6-8/h2-7,10H,1H3/t7-/m0/s1. The van der Waals surface area contributed by atoms with Crippen molar-refractivity contribution in [3.05, 3.63) is 35.9 Å². The van der Waals surface area contributed by atoms with E-state index < -0.39 is 0 Å². The number of hydrogen-bond donors (Lipinski definition) is 1. The van der Waals surface area contributed by atoms with Crippen molar-refractivity contribution in [1.29, 1.82) is 0 Å². The lowest BCUT2D eigenvalue weighted by Crippen LogP contribution is -2.13. The molecule has 0 saturated heterocycles. The van der Waals surface area contributed by atoms with Crippen molar-refractivity contribution in [2.24, 2.45) is 0 Å². The van der Waals surface area contributed by atoms with Crippen LogP contribution in [-0.4, -0.2) is 7.98 Å². The van der Waals surface area contributed by atoms with Crippen LogP contribution in [0.25, 0.3) is 0 Å². The normalized spacial score (nSPS) is 12.9. The van der Waals surface area contributed by atoms with E-state index in [-0.39, 0.29) is 6.04 Å². The van der Waals surface area contributed by atoms with Gasteiger partial charge in [-0.25, -0.2) is 0 Å². The lowest BCUT2D eigenvalue weighted by Gasteiger charge is -2.09. The van der Waals surface area contributed by atoms with Gasteiger partial charge in [0.1, 0.15) is 0 Å². The molecular formula is C8H10BN. The molecule has 2 heteroatoms. The van der Waals surface area contributed by atoms with Gasteiger partial charge in [0, 0.05) is 6.04 Å². The summed E-state index contributed by atoms with van der Waals surface area (Å²) in [5.74, 6) is 0. The molecule has 0 heterocycles. The predicted molar refractivity (Wildman–Crippen MR) is 43.7 cm³/mol. The highest BCUT2D eigenvalue weighted by molar-refractivity contribution is 6.04. The molecule has 1 atom stereocenters. The van der Waals surface area contributed by atoms with E-state index >= 15 is 0 Å². The summed E-state index contributed by atoms with van der Waals surface area (Å²) in [5, 5.41) is 2.68. The molecule has 0 spiro atoms. The molecule has 0 aliphatic carbocycles. The van der Waals surface area contributed by atoms with Crippen LogP contribution in [0.2, 0.25) is 0 Å². The maximum atomic E-state index is 5.25. The molecule has 50 valence electrons. The van der Waals surface area contributed by atoms with E-state index in [0.717, 1.165) is 0 Å². The van der Waals surface area contributed by atoms with E-state index in [0.29, 0.717) is 0 Å². The highest BCUT2D eigenvalue weighted by atomic mass is 14.8. The molecule has 0 fully saturated rings. The summed E-state index contributed by atoms with van der Waals surface area (Å²) >= 11 is 0. The SMILES string of the molecule is [B]N[C@@H](C)c1ccccc1. The number of hydrogen-bond acceptors (Lipinski definition) is 1. The number of rotatable bonds is 2. The van der Waals surface area contributed by atoms with Crippen LogP contribution in [0.15, 0.2) is 30.3 Å². The molecule has 10 heavy (non-hydrogen) atoms. The Hall–Kier alpha value is -0.755. The zero-order valence-electron chi connectivity index (χ0n) is 6.04. The molecule has 0 bridgehead atoms. The molecule has 1 N–H and O–H groups in total. The lowest BCUT2D eigenvalue weighted by atomic mass is 10.1. The van der Waals surface area contributed by atoms with E-state index in [2.05, 4.69) is 5.23 Å². The summed E-state index contributed by atoms with van der Waals surface area (Å²) in [7, 11) is 5.25. The van der Waals surface area contributed by atoms with Crippen LogP contribution in [-0.2, 0) is 0 Å². The van der Waals surface area contributed by atoms with Gasteiger partial charge in [0.15, 0.2) is 7.98 Å². The topological polar surface area (TPSA) is 12.0 Å². The quantitative estimate of drug-likeness (QED) is 0.598. The van der Waals surface area contributed by atoms with Crippen molar-refractivity contribution in [3.8, 4) is 0 Å². The lowest BCUT2D eigenvalue weighted by molar-refractivity contribution is 0.744. The van der Waals surface area contributed by atoms with Crippen molar-refractivity contribution in [2.45, 2.75) is 13.0 Å². The van der Waals surface area contributed by atoms with Crippen molar-refractivity contribution >= 4 is 7.98 Å². The Morgan fingerprint density at radius 2 is 1.90 bits per heavy atom. The van der Waals surface area contributed by atoms with Crippen LogP contribution in [0.1, 0.15) is 18.5 Å². The van der Waals surface area contributed by atoms with Crippen molar-refractivity contribution in [2.75, 3.05) is 0 Å². The Labute approximate surface area is 62.9 Å². The zero-order valence-corrected chi connectivity index (χ0v) is 6.04. The maximum absolute atomic E-state index is 5.25. The fourth-order valence-corrected chi connectivity index (χ4v) is 0.838. The van der Waals surface area contributed by atoms with E-state index in [1.807, 2.05) is 37.3 Å². The fraction of sp³-hybridized carbons (Fsp3) is 0.250. The van der Waals surface area contributed by atoms with E-state index in [9.17, 15) is 0 Å². The second-order valence-corrected chi connectivity index (χ2v) is 2.30. The van der Waals surface area contributed by atoms with Gasteiger partial charge in [-0.3, -0.25) is 0 Å². The third kappa shape index (κ3) is 1.61. The molecule has 0 saturated carbocycles. The molecule has 2 radical (unpaired) electrons. The van der Waals surface area contributed by atoms with E-state index in [4.69, 9.17) is 7.98 Å². The average Bonchev–Trinajstić information content (AvgIpc) is 2.05. The third-order valence-corrected chi connectivity index (χ3v) is 1.55. The summed E-state index contributed by atoms with van der Waals surface area (Å²) in [4.78, 5) is 0. The van der Waals surface area contributed by atoms with Crippen LogP contribution in [0.3, 0.4) is 0 Å². The Morgan fingerprint density at radius 1 is 1.30 bits per heavy atom. The monoisotopic (exact) mass is 131 g/mol. The van der Waals surface area contributed by atoms with Crippen molar-refractivity contribution in [3.63, 3.8) is 0 Å². The Morgan fingerprint density at radius 3 is 2.40 bits per heavy atom. The van der Waals surface area contributed by atoms with Gasteiger partial charge in [-0.1, -0.05) is 30.3 Å². The molecule has 0 aliphatic heterocycles. The summed E-state index contributed by atoms with van der Waals surface area (Å²) in [6.07, 6.45) is 0. The predicted octanol–water partition coefficient (Wildman–Crippen LogP) is 1.42. The molecule has 0 unspecified atom stereocenters. The zero-order chi connectivity index (χ0) is 7.40. The summed E-state index contributed by atoms with van der Waals surface area (Å²) in [6, 6.07) is 10.3. The highest BCUT2D eigenvalue weighted by Gasteiger charge is 1.97. The average molecular weight is 131 g/mol. The van der Waals surface area contributed by atoms with Crippen LogP contribution >= 0.6 is 0 Å². The summed E-state index contributed by atoms with van der Waals surface area (Å²) in [5.41, 5.74) is 1.21. The van der Waals surface area contributed by atoms with Gasteiger partial charge in [-0.15, -0.1) is 0 Å². The number of benzene rings is 1. The molecule has 1 aromatic carbocycles. The second-order valence-electron chi connectivity index (χ2n) is 2.30. The van der Waals surface area contributed by atoms with Gasteiger partial charge in [-0.2, -0.15) is 0 Å². The minimum atomic E-state index is 0.237. The van der Waals surface area contributed by atoms with Gasteiger partial charge in [0.2, 0.25) is 0 Å². The van der Waals surface area contributed by atoms with E-state index in [1.165, 1.54) is 5.56 Å². The number of nitrogens with one attached hydrogen (secondary N) is 1. The Kier molecular flexibility index (Phi) is 2.52. The van der Waals surface area contributed by atoms with Gasteiger partial charge < -0.3 is 5.23 Å². The first-order valence-electron chi connectivity index (χ1n) is 3.35. The van der Waals surface area contributed by atoms with Crippen LogP contribution in [0, 0.1) is 0 Å². The maximum Gasteiger partial charge on any atom is 0.178 e.